The molecular weight excluding hydrogens is 140 g/mol. The summed E-state index contributed by atoms with van der Waals surface area (Å²) in [5.41, 5.74) is 1.11. The highest BCUT2D eigenvalue weighted by Crippen LogP contribution is 2.08. The summed E-state index contributed by atoms with van der Waals surface area (Å²) in [7, 11) is 1.64. The van der Waals surface area contributed by atoms with Crippen molar-refractivity contribution < 1.29 is 9.84 Å². The van der Waals surface area contributed by atoms with Crippen LogP contribution in [0.2, 0.25) is 0 Å². The van der Waals surface area contributed by atoms with Gasteiger partial charge in [-0.3, -0.25) is 0 Å². The molecule has 0 aromatic carbocycles. The van der Waals surface area contributed by atoms with Gasteiger partial charge in [0.25, 0.3) is 0 Å². The summed E-state index contributed by atoms with van der Waals surface area (Å²) in [6.45, 7) is 6.49. The van der Waals surface area contributed by atoms with E-state index >= 15 is 0 Å². The summed E-state index contributed by atoms with van der Waals surface area (Å²) in [5, 5.41) is 9.34. The first kappa shape index (κ1) is 10.7. The molecule has 66 valence electrons. The first-order valence-corrected chi connectivity index (χ1v) is 4.04. The molecular formula is C9H18O2. The van der Waals surface area contributed by atoms with Crippen LogP contribution in [0.4, 0.5) is 0 Å². The lowest BCUT2D eigenvalue weighted by atomic mass is 10.1. The molecule has 11 heavy (non-hydrogen) atoms. The zero-order valence-corrected chi connectivity index (χ0v) is 7.47. The number of hydrogen-bond acceptors (Lipinski definition) is 2. The van der Waals surface area contributed by atoms with Crippen LogP contribution in [-0.4, -0.2) is 24.9 Å². The lowest BCUT2D eigenvalue weighted by Gasteiger charge is -2.10. The van der Waals surface area contributed by atoms with Crippen LogP contribution < -0.4 is 0 Å². The van der Waals surface area contributed by atoms with E-state index in [0.29, 0.717) is 19.4 Å². The third-order valence-electron chi connectivity index (χ3n) is 1.68. The molecule has 1 N–H and O–H groups in total. The van der Waals surface area contributed by atoms with Crippen molar-refractivity contribution in [3.63, 3.8) is 0 Å². The van der Waals surface area contributed by atoms with Crippen molar-refractivity contribution in [2.24, 2.45) is 0 Å². The average molecular weight is 158 g/mol. The van der Waals surface area contributed by atoms with Crippen molar-refractivity contribution >= 4 is 0 Å². The maximum atomic E-state index is 9.34. The minimum atomic E-state index is -0.276. The molecule has 0 amide bonds. The van der Waals surface area contributed by atoms with E-state index in [0.717, 1.165) is 12.0 Å². The minimum Gasteiger partial charge on any atom is -0.393 e. The Morgan fingerprint density at radius 2 is 2.27 bits per heavy atom. The molecule has 0 radical (unpaired) electrons. The molecule has 0 aliphatic heterocycles. The Morgan fingerprint density at radius 3 is 2.73 bits per heavy atom. The van der Waals surface area contributed by atoms with Gasteiger partial charge in [0.05, 0.1) is 6.10 Å². The first-order valence-electron chi connectivity index (χ1n) is 4.04. The molecule has 0 aliphatic rings. The van der Waals surface area contributed by atoms with E-state index < -0.39 is 0 Å². The van der Waals surface area contributed by atoms with Gasteiger partial charge in [-0.2, -0.15) is 0 Å². The molecule has 2 heteroatoms. The van der Waals surface area contributed by atoms with E-state index in [1.807, 2.05) is 6.92 Å². The van der Waals surface area contributed by atoms with Crippen LogP contribution in [0.3, 0.4) is 0 Å². The fraction of sp³-hybridized carbons (Fsp3) is 0.778. The summed E-state index contributed by atoms with van der Waals surface area (Å²) in [4.78, 5) is 0. The Bertz CT molecular complexity index is 110. The Hall–Kier alpha value is -0.340. The number of ether oxygens (including phenoxy) is 1. The summed E-state index contributed by atoms with van der Waals surface area (Å²) < 4.78 is 4.84. The Morgan fingerprint density at radius 1 is 1.64 bits per heavy atom. The highest BCUT2D eigenvalue weighted by atomic mass is 16.5. The molecule has 0 spiro atoms. The van der Waals surface area contributed by atoms with Crippen LogP contribution in [0.5, 0.6) is 0 Å². The van der Waals surface area contributed by atoms with Crippen LogP contribution in [0.25, 0.3) is 0 Å². The fourth-order valence-electron chi connectivity index (χ4n) is 0.834. The largest absolute Gasteiger partial charge is 0.393 e. The SMILES string of the molecule is C=C(CC)CC(O)CCOC. The maximum absolute atomic E-state index is 9.34. The topological polar surface area (TPSA) is 29.5 Å². The highest BCUT2D eigenvalue weighted by Gasteiger charge is 2.03. The molecule has 1 unspecified atom stereocenters. The fourth-order valence-corrected chi connectivity index (χ4v) is 0.834. The van der Waals surface area contributed by atoms with Crippen LogP contribution in [0, 0.1) is 0 Å². The van der Waals surface area contributed by atoms with E-state index in [1.165, 1.54) is 0 Å². The summed E-state index contributed by atoms with van der Waals surface area (Å²) in [6, 6.07) is 0. The van der Waals surface area contributed by atoms with Crippen molar-refractivity contribution in [2.45, 2.75) is 32.3 Å². The Kier molecular flexibility index (Phi) is 6.18. The highest BCUT2D eigenvalue weighted by molar-refractivity contribution is 4.94. The molecule has 2 nitrogen and oxygen atoms in total. The molecule has 0 aromatic heterocycles. The standard InChI is InChI=1S/C9H18O2/c1-4-8(2)7-9(10)5-6-11-3/h9-10H,2,4-7H2,1,3H3. The zero-order valence-electron chi connectivity index (χ0n) is 7.47. The van der Waals surface area contributed by atoms with Gasteiger partial charge >= 0.3 is 0 Å². The smallest absolute Gasteiger partial charge is 0.0599 e. The van der Waals surface area contributed by atoms with E-state index in [4.69, 9.17) is 4.74 Å². The number of aliphatic hydroxyl groups is 1. The third-order valence-corrected chi connectivity index (χ3v) is 1.68. The number of aliphatic hydroxyl groups excluding tert-OH is 1. The molecule has 0 saturated heterocycles. The van der Waals surface area contributed by atoms with Gasteiger partial charge in [0.2, 0.25) is 0 Å². The normalized spacial score (nSPS) is 13.0. The zero-order chi connectivity index (χ0) is 8.69. The predicted octanol–water partition coefficient (Wildman–Crippen LogP) is 1.74. The van der Waals surface area contributed by atoms with Gasteiger partial charge in [0.15, 0.2) is 0 Å². The average Bonchev–Trinajstić information content (AvgIpc) is 2.00. The van der Waals surface area contributed by atoms with Gasteiger partial charge in [-0.05, 0) is 19.3 Å². The third kappa shape index (κ3) is 6.07. The van der Waals surface area contributed by atoms with Crippen molar-refractivity contribution in [3.05, 3.63) is 12.2 Å². The molecule has 0 heterocycles. The number of hydrogen-bond donors (Lipinski definition) is 1. The second kappa shape index (κ2) is 6.38. The van der Waals surface area contributed by atoms with E-state index in [9.17, 15) is 5.11 Å². The number of rotatable bonds is 6. The van der Waals surface area contributed by atoms with Crippen LogP contribution >= 0.6 is 0 Å². The van der Waals surface area contributed by atoms with Crippen LogP contribution in [0.15, 0.2) is 12.2 Å². The van der Waals surface area contributed by atoms with E-state index in [2.05, 4.69) is 6.58 Å². The van der Waals surface area contributed by atoms with Crippen LogP contribution in [-0.2, 0) is 4.74 Å². The monoisotopic (exact) mass is 158 g/mol. The molecule has 0 aliphatic carbocycles. The van der Waals surface area contributed by atoms with Gasteiger partial charge in [0.1, 0.15) is 0 Å². The van der Waals surface area contributed by atoms with Gasteiger partial charge in [-0.1, -0.05) is 19.1 Å². The molecule has 0 aromatic rings. The maximum Gasteiger partial charge on any atom is 0.0599 e. The van der Waals surface area contributed by atoms with E-state index in [-0.39, 0.29) is 6.10 Å². The molecule has 0 bridgehead atoms. The quantitative estimate of drug-likeness (QED) is 0.597. The van der Waals surface area contributed by atoms with Gasteiger partial charge in [0, 0.05) is 13.7 Å². The summed E-state index contributed by atoms with van der Waals surface area (Å²) in [6.07, 6.45) is 2.08. The lowest BCUT2D eigenvalue weighted by molar-refractivity contribution is 0.110. The summed E-state index contributed by atoms with van der Waals surface area (Å²) in [5.74, 6) is 0. The minimum absolute atomic E-state index is 0.276. The molecule has 0 saturated carbocycles. The van der Waals surface area contributed by atoms with Crippen molar-refractivity contribution in [2.75, 3.05) is 13.7 Å². The van der Waals surface area contributed by atoms with E-state index in [1.54, 1.807) is 7.11 Å². The van der Waals surface area contributed by atoms with Gasteiger partial charge in [-0.15, -0.1) is 0 Å². The van der Waals surface area contributed by atoms with Crippen molar-refractivity contribution in [1.29, 1.82) is 0 Å². The molecule has 1 atom stereocenters. The molecule has 0 fully saturated rings. The Labute approximate surface area is 68.9 Å². The predicted molar refractivity (Wildman–Crippen MR) is 46.5 cm³/mol. The second-order valence-electron chi connectivity index (χ2n) is 2.74. The summed E-state index contributed by atoms with van der Waals surface area (Å²) >= 11 is 0. The first-order chi connectivity index (χ1) is 5.20. The lowest BCUT2D eigenvalue weighted by Crippen LogP contribution is -2.10. The van der Waals surface area contributed by atoms with Gasteiger partial charge in [-0.25, -0.2) is 0 Å². The molecule has 0 rings (SSSR count). The second-order valence-corrected chi connectivity index (χ2v) is 2.74. The Balaban J connectivity index is 3.35. The van der Waals surface area contributed by atoms with Crippen molar-refractivity contribution in [1.82, 2.24) is 0 Å². The van der Waals surface area contributed by atoms with Crippen LogP contribution in [0.1, 0.15) is 26.2 Å². The van der Waals surface area contributed by atoms with Gasteiger partial charge < -0.3 is 9.84 Å². The number of methoxy groups -OCH3 is 1. The van der Waals surface area contributed by atoms with Crippen molar-refractivity contribution in [3.8, 4) is 0 Å².